The zero-order valence-corrected chi connectivity index (χ0v) is 11.2. The van der Waals surface area contributed by atoms with Crippen LogP contribution in [-0.4, -0.2) is 25.0 Å². The maximum Gasteiger partial charge on any atom is 0.276 e. The molecule has 0 unspecified atom stereocenters. The second-order valence-corrected chi connectivity index (χ2v) is 5.45. The van der Waals surface area contributed by atoms with Crippen molar-refractivity contribution in [3.8, 4) is 0 Å². The van der Waals surface area contributed by atoms with Gasteiger partial charge in [0.15, 0.2) is 0 Å². The molecule has 7 heteroatoms. The van der Waals surface area contributed by atoms with E-state index in [0.29, 0.717) is 0 Å². The Morgan fingerprint density at radius 2 is 1.72 bits per heavy atom. The zero-order valence-electron chi connectivity index (χ0n) is 10.4. The highest BCUT2D eigenvalue weighted by Crippen LogP contribution is 2.09. The molecule has 0 radical (unpaired) electrons. The van der Waals surface area contributed by atoms with Crippen LogP contribution in [0.1, 0.15) is 19.4 Å². The van der Waals surface area contributed by atoms with E-state index in [9.17, 15) is 8.42 Å². The first-order valence-corrected chi connectivity index (χ1v) is 6.67. The molecule has 1 aromatic carbocycles. The summed E-state index contributed by atoms with van der Waals surface area (Å²) in [5.74, 6) is 0. The predicted molar refractivity (Wildman–Crippen MR) is 69.5 cm³/mol. The van der Waals surface area contributed by atoms with Crippen molar-refractivity contribution in [1.29, 1.82) is 0 Å². The predicted octanol–water partition coefficient (Wildman–Crippen LogP) is 1.50. The van der Waals surface area contributed by atoms with E-state index < -0.39 is 10.0 Å². The molecule has 0 aliphatic carbocycles. The van der Waals surface area contributed by atoms with Crippen molar-refractivity contribution in [1.82, 2.24) is 4.83 Å². The average molecular weight is 269 g/mol. The highest BCUT2D eigenvalue weighted by molar-refractivity contribution is 7.89. The van der Waals surface area contributed by atoms with E-state index in [4.69, 9.17) is 5.21 Å². The molecule has 0 fully saturated rings. The van der Waals surface area contributed by atoms with Crippen molar-refractivity contribution < 1.29 is 13.6 Å². The monoisotopic (exact) mass is 269 g/mol. The van der Waals surface area contributed by atoms with E-state index in [0.717, 1.165) is 5.56 Å². The molecule has 1 rings (SSSR count). The van der Waals surface area contributed by atoms with Gasteiger partial charge in [0.25, 0.3) is 10.0 Å². The minimum atomic E-state index is -3.69. The van der Waals surface area contributed by atoms with E-state index in [2.05, 4.69) is 15.1 Å². The SMILES string of the molecule is CC(=N/O)/C(C)=N/NS(=O)(=O)c1ccc(C)cc1. The fraction of sp³-hybridized carbons (Fsp3) is 0.273. The molecule has 6 nitrogen and oxygen atoms in total. The van der Waals surface area contributed by atoms with Crippen LogP contribution in [0.25, 0.3) is 0 Å². The Bertz CT molecular complexity index is 574. The standard InChI is InChI=1S/C11H15N3O3S/c1-8-4-6-11(7-5-8)18(16,17)14-12-9(2)10(3)13-15/h4-7,14-15H,1-3H3/b12-9+,13-10-. The van der Waals surface area contributed by atoms with Gasteiger partial charge in [0.2, 0.25) is 0 Å². The van der Waals surface area contributed by atoms with Crippen molar-refractivity contribution >= 4 is 21.4 Å². The smallest absolute Gasteiger partial charge is 0.276 e. The van der Waals surface area contributed by atoms with E-state index in [1.54, 1.807) is 12.1 Å². The maximum atomic E-state index is 11.8. The van der Waals surface area contributed by atoms with E-state index >= 15 is 0 Å². The second kappa shape index (κ2) is 5.63. The van der Waals surface area contributed by atoms with Crippen molar-refractivity contribution in [3.63, 3.8) is 0 Å². The summed E-state index contributed by atoms with van der Waals surface area (Å²) in [5.41, 5.74) is 1.49. The van der Waals surface area contributed by atoms with Gasteiger partial charge in [0.1, 0.15) is 0 Å². The van der Waals surface area contributed by atoms with Crippen LogP contribution in [0.5, 0.6) is 0 Å². The molecule has 0 aliphatic heterocycles. The normalized spacial score (nSPS) is 13.5. The third-order valence-corrected chi connectivity index (χ3v) is 3.56. The van der Waals surface area contributed by atoms with Gasteiger partial charge in [-0.1, -0.05) is 22.9 Å². The van der Waals surface area contributed by atoms with E-state index in [1.807, 2.05) is 6.92 Å². The van der Waals surface area contributed by atoms with Gasteiger partial charge < -0.3 is 5.21 Å². The summed E-state index contributed by atoms with van der Waals surface area (Å²) < 4.78 is 23.7. The van der Waals surface area contributed by atoms with Gasteiger partial charge in [-0.3, -0.25) is 0 Å². The van der Waals surface area contributed by atoms with Crippen LogP contribution in [-0.2, 0) is 10.0 Å². The van der Waals surface area contributed by atoms with Gasteiger partial charge in [-0.25, -0.2) is 0 Å². The number of aryl methyl sites for hydroxylation is 1. The summed E-state index contributed by atoms with van der Waals surface area (Å²) in [4.78, 5) is 2.21. The second-order valence-electron chi connectivity index (χ2n) is 3.79. The Morgan fingerprint density at radius 1 is 1.17 bits per heavy atom. The first-order valence-electron chi connectivity index (χ1n) is 5.18. The lowest BCUT2D eigenvalue weighted by atomic mass is 10.2. The first kappa shape index (κ1) is 14.2. The third kappa shape index (κ3) is 3.56. The third-order valence-electron chi connectivity index (χ3n) is 2.34. The minimum Gasteiger partial charge on any atom is -0.411 e. The lowest BCUT2D eigenvalue weighted by Gasteiger charge is -2.04. The van der Waals surface area contributed by atoms with E-state index in [1.165, 1.54) is 26.0 Å². The average Bonchev–Trinajstić information content (AvgIpc) is 2.35. The Kier molecular flexibility index (Phi) is 4.43. The lowest BCUT2D eigenvalue weighted by Crippen LogP contribution is -2.21. The molecule has 0 bridgehead atoms. The van der Waals surface area contributed by atoms with Crippen LogP contribution < -0.4 is 4.83 Å². The molecule has 0 spiro atoms. The molecule has 98 valence electrons. The Labute approximate surface area is 106 Å². The molecule has 0 aliphatic rings. The van der Waals surface area contributed by atoms with Crippen LogP contribution in [0.4, 0.5) is 0 Å². The number of hydrazone groups is 1. The van der Waals surface area contributed by atoms with Gasteiger partial charge in [-0.05, 0) is 32.9 Å². The van der Waals surface area contributed by atoms with Crippen molar-refractivity contribution in [3.05, 3.63) is 29.8 Å². The van der Waals surface area contributed by atoms with Gasteiger partial charge in [0, 0.05) is 0 Å². The van der Waals surface area contributed by atoms with Crippen LogP contribution in [0.15, 0.2) is 39.4 Å². The number of sulfonamides is 1. The minimum absolute atomic E-state index is 0.128. The molecule has 0 aromatic heterocycles. The van der Waals surface area contributed by atoms with E-state index in [-0.39, 0.29) is 16.3 Å². The van der Waals surface area contributed by atoms with Crippen molar-refractivity contribution in [2.24, 2.45) is 10.3 Å². The topological polar surface area (TPSA) is 91.1 Å². The van der Waals surface area contributed by atoms with Crippen LogP contribution in [0, 0.1) is 6.92 Å². The van der Waals surface area contributed by atoms with Crippen molar-refractivity contribution in [2.45, 2.75) is 25.7 Å². The maximum absolute atomic E-state index is 11.8. The highest BCUT2D eigenvalue weighted by Gasteiger charge is 2.12. The molecule has 0 atom stereocenters. The van der Waals surface area contributed by atoms with Gasteiger partial charge >= 0.3 is 0 Å². The molecule has 18 heavy (non-hydrogen) atoms. The van der Waals surface area contributed by atoms with Crippen molar-refractivity contribution in [2.75, 3.05) is 0 Å². The fourth-order valence-corrected chi connectivity index (χ4v) is 1.91. The Hall–Kier alpha value is -1.89. The quantitative estimate of drug-likeness (QED) is 0.493. The molecular formula is C11H15N3O3S. The number of nitrogens with zero attached hydrogens (tertiary/aromatic N) is 2. The van der Waals surface area contributed by atoms with Gasteiger partial charge in [-0.15, -0.1) is 0 Å². The number of benzene rings is 1. The Morgan fingerprint density at radius 3 is 2.22 bits per heavy atom. The number of nitrogens with one attached hydrogen (secondary N) is 1. The van der Waals surface area contributed by atoms with Crippen LogP contribution >= 0.6 is 0 Å². The molecule has 1 aromatic rings. The number of oxime groups is 1. The molecule has 0 heterocycles. The highest BCUT2D eigenvalue weighted by atomic mass is 32.2. The number of rotatable bonds is 4. The molecule has 2 N–H and O–H groups in total. The fourth-order valence-electron chi connectivity index (χ4n) is 1.05. The molecular weight excluding hydrogens is 254 g/mol. The molecule has 0 amide bonds. The number of hydrogen-bond acceptors (Lipinski definition) is 5. The van der Waals surface area contributed by atoms with Crippen LogP contribution in [0.2, 0.25) is 0 Å². The first-order chi connectivity index (χ1) is 8.36. The Balaban J connectivity index is 2.93. The largest absolute Gasteiger partial charge is 0.411 e. The zero-order chi connectivity index (χ0) is 13.8. The summed E-state index contributed by atoms with van der Waals surface area (Å²) in [6, 6.07) is 6.39. The summed E-state index contributed by atoms with van der Waals surface area (Å²) in [6.07, 6.45) is 0. The summed E-state index contributed by atoms with van der Waals surface area (Å²) in [5, 5.41) is 15.1. The summed E-state index contributed by atoms with van der Waals surface area (Å²) >= 11 is 0. The summed E-state index contributed by atoms with van der Waals surface area (Å²) in [7, 11) is -3.69. The lowest BCUT2D eigenvalue weighted by molar-refractivity contribution is 0.320. The molecule has 0 saturated carbocycles. The number of hydrogen-bond donors (Lipinski definition) is 2. The molecule has 0 saturated heterocycles. The van der Waals surface area contributed by atoms with Crippen LogP contribution in [0.3, 0.4) is 0 Å². The van der Waals surface area contributed by atoms with Gasteiger partial charge in [-0.2, -0.15) is 18.4 Å². The summed E-state index contributed by atoms with van der Waals surface area (Å²) in [6.45, 7) is 4.92. The van der Waals surface area contributed by atoms with Gasteiger partial charge in [0.05, 0.1) is 16.3 Å².